The summed E-state index contributed by atoms with van der Waals surface area (Å²) in [6, 6.07) is 5.66. The molecule has 2 N–H and O–H groups in total. The van der Waals surface area contributed by atoms with E-state index < -0.39 is 0 Å². The van der Waals surface area contributed by atoms with E-state index in [1.54, 1.807) is 10.9 Å². The molecule has 21 heavy (non-hydrogen) atoms. The fourth-order valence-electron chi connectivity index (χ4n) is 1.87. The molecule has 2 rings (SSSR count). The maximum atomic E-state index is 8.85. The summed E-state index contributed by atoms with van der Waals surface area (Å²) in [4.78, 5) is 0. The molecule has 5 nitrogen and oxygen atoms in total. The Bertz CT molecular complexity index is 572. The highest BCUT2D eigenvalue weighted by atomic mass is 35.5. The largest absolute Gasteiger partial charge is 0.492 e. The minimum atomic E-state index is 0.0867. The van der Waals surface area contributed by atoms with E-state index in [-0.39, 0.29) is 6.61 Å². The van der Waals surface area contributed by atoms with Crippen molar-refractivity contribution in [3.63, 3.8) is 0 Å². The molecular weight excluding hydrogens is 290 g/mol. The second kappa shape index (κ2) is 7.90. The smallest absolute Gasteiger partial charge is 0.138 e. The van der Waals surface area contributed by atoms with Gasteiger partial charge in [0.1, 0.15) is 5.75 Å². The van der Waals surface area contributed by atoms with Crippen LogP contribution in [0, 0.1) is 0 Å². The molecule has 6 heteroatoms. The molecule has 114 valence electrons. The number of hydrogen-bond acceptors (Lipinski definition) is 4. The van der Waals surface area contributed by atoms with Crippen LogP contribution in [0.25, 0.3) is 0 Å². The lowest BCUT2D eigenvalue weighted by molar-refractivity contribution is 0.269. The highest BCUT2D eigenvalue weighted by Crippen LogP contribution is 2.28. The minimum absolute atomic E-state index is 0.0867. The molecule has 0 saturated heterocycles. The normalized spacial score (nSPS) is 10.6. The maximum absolute atomic E-state index is 8.85. The first kappa shape index (κ1) is 15.7. The van der Waals surface area contributed by atoms with Crippen LogP contribution in [0.1, 0.15) is 18.9 Å². The molecule has 0 aliphatic rings. The molecule has 1 aromatic carbocycles. The van der Waals surface area contributed by atoms with Gasteiger partial charge in [0.25, 0.3) is 0 Å². The summed E-state index contributed by atoms with van der Waals surface area (Å²) in [5, 5.41) is 16.9. The van der Waals surface area contributed by atoms with Gasteiger partial charge in [0.05, 0.1) is 31.0 Å². The Morgan fingerprint density at radius 1 is 1.43 bits per heavy atom. The number of anilines is 1. The molecule has 0 bridgehead atoms. The Labute approximate surface area is 129 Å². The van der Waals surface area contributed by atoms with Crippen LogP contribution in [-0.2, 0) is 13.1 Å². The van der Waals surface area contributed by atoms with Gasteiger partial charge in [-0.15, -0.1) is 0 Å². The van der Waals surface area contributed by atoms with E-state index in [0.29, 0.717) is 30.5 Å². The monoisotopic (exact) mass is 309 g/mol. The second-order valence-electron chi connectivity index (χ2n) is 4.68. The molecule has 1 heterocycles. The standard InChI is InChI=1S/C15H20ClN3O2/c1-2-7-21-15-4-3-13(8-14(15)16)17-9-12-10-18-19(11-12)5-6-20/h3-4,8,10-11,17,20H,2,5-7,9H2,1H3. The first-order chi connectivity index (χ1) is 10.2. The van der Waals surface area contributed by atoms with E-state index >= 15 is 0 Å². The van der Waals surface area contributed by atoms with Gasteiger partial charge in [0, 0.05) is 24.0 Å². The van der Waals surface area contributed by atoms with Gasteiger partial charge in [0.2, 0.25) is 0 Å². The number of ether oxygens (including phenoxy) is 1. The Balaban J connectivity index is 1.91. The number of aliphatic hydroxyl groups is 1. The summed E-state index contributed by atoms with van der Waals surface area (Å²) >= 11 is 6.18. The van der Waals surface area contributed by atoms with Crippen molar-refractivity contribution in [3.8, 4) is 5.75 Å². The Hall–Kier alpha value is -1.72. The molecular formula is C15H20ClN3O2. The number of rotatable bonds is 8. The van der Waals surface area contributed by atoms with Crippen LogP contribution in [0.5, 0.6) is 5.75 Å². The number of nitrogens with zero attached hydrogens (tertiary/aromatic N) is 2. The minimum Gasteiger partial charge on any atom is -0.492 e. The third-order valence-corrected chi connectivity index (χ3v) is 3.20. The summed E-state index contributed by atoms with van der Waals surface area (Å²) in [5.41, 5.74) is 1.98. The first-order valence-electron chi connectivity index (χ1n) is 7.01. The lowest BCUT2D eigenvalue weighted by atomic mass is 10.3. The zero-order valence-corrected chi connectivity index (χ0v) is 12.8. The van der Waals surface area contributed by atoms with Crippen molar-refractivity contribution in [2.75, 3.05) is 18.5 Å². The van der Waals surface area contributed by atoms with Gasteiger partial charge < -0.3 is 15.2 Å². The van der Waals surface area contributed by atoms with Gasteiger partial charge in [-0.05, 0) is 24.6 Å². The van der Waals surface area contributed by atoms with E-state index in [4.69, 9.17) is 21.4 Å². The van der Waals surface area contributed by atoms with Crippen LogP contribution in [0.2, 0.25) is 5.02 Å². The van der Waals surface area contributed by atoms with Crippen LogP contribution in [0.3, 0.4) is 0 Å². The van der Waals surface area contributed by atoms with Crippen LogP contribution < -0.4 is 10.1 Å². The number of hydrogen-bond donors (Lipinski definition) is 2. The molecule has 0 spiro atoms. The van der Waals surface area contributed by atoms with E-state index in [1.807, 2.05) is 24.4 Å². The molecule has 2 aromatic rings. The molecule has 0 atom stereocenters. The van der Waals surface area contributed by atoms with Gasteiger partial charge in [-0.3, -0.25) is 4.68 Å². The first-order valence-corrected chi connectivity index (χ1v) is 7.39. The number of halogens is 1. The zero-order valence-electron chi connectivity index (χ0n) is 12.1. The summed E-state index contributed by atoms with van der Waals surface area (Å²) < 4.78 is 7.25. The van der Waals surface area contributed by atoms with Crippen LogP contribution in [-0.4, -0.2) is 28.1 Å². The van der Waals surface area contributed by atoms with E-state index in [9.17, 15) is 0 Å². The summed E-state index contributed by atoms with van der Waals surface area (Å²) in [6.45, 7) is 3.97. The lowest BCUT2D eigenvalue weighted by Gasteiger charge is -2.10. The maximum Gasteiger partial charge on any atom is 0.138 e. The SMILES string of the molecule is CCCOc1ccc(NCc2cnn(CCO)c2)cc1Cl. The third-order valence-electron chi connectivity index (χ3n) is 2.91. The molecule has 0 aliphatic carbocycles. The Kier molecular flexibility index (Phi) is 5.90. The van der Waals surface area contributed by atoms with Crippen molar-refractivity contribution in [2.24, 2.45) is 0 Å². The Morgan fingerprint density at radius 2 is 2.29 bits per heavy atom. The molecule has 0 aliphatic heterocycles. The molecule has 0 amide bonds. The fourth-order valence-corrected chi connectivity index (χ4v) is 2.10. The second-order valence-corrected chi connectivity index (χ2v) is 5.09. The number of nitrogens with one attached hydrogen (secondary N) is 1. The topological polar surface area (TPSA) is 59.3 Å². The van der Waals surface area contributed by atoms with Crippen molar-refractivity contribution in [1.29, 1.82) is 0 Å². The highest BCUT2D eigenvalue weighted by Gasteiger charge is 2.04. The highest BCUT2D eigenvalue weighted by molar-refractivity contribution is 6.32. The molecule has 1 aromatic heterocycles. The van der Waals surface area contributed by atoms with Crippen molar-refractivity contribution in [2.45, 2.75) is 26.4 Å². The molecule has 0 unspecified atom stereocenters. The molecule has 0 saturated carbocycles. The predicted octanol–water partition coefficient (Wildman–Crippen LogP) is 2.93. The predicted molar refractivity (Wildman–Crippen MR) is 83.9 cm³/mol. The number of aliphatic hydroxyl groups excluding tert-OH is 1. The zero-order chi connectivity index (χ0) is 15.1. The van der Waals surface area contributed by atoms with E-state index in [2.05, 4.69) is 17.3 Å². The lowest BCUT2D eigenvalue weighted by Crippen LogP contribution is -2.02. The van der Waals surface area contributed by atoms with Crippen molar-refractivity contribution >= 4 is 17.3 Å². The molecule has 0 radical (unpaired) electrons. The van der Waals surface area contributed by atoms with Gasteiger partial charge in [-0.1, -0.05) is 18.5 Å². The van der Waals surface area contributed by atoms with Gasteiger partial charge >= 0.3 is 0 Å². The third kappa shape index (κ3) is 4.65. The van der Waals surface area contributed by atoms with E-state index in [1.165, 1.54) is 0 Å². The average Bonchev–Trinajstić information content (AvgIpc) is 2.92. The van der Waals surface area contributed by atoms with Crippen LogP contribution >= 0.6 is 11.6 Å². The summed E-state index contributed by atoms with van der Waals surface area (Å²) in [5.74, 6) is 0.708. The quantitative estimate of drug-likeness (QED) is 0.787. The fraction of sp³-hybridized carbons (Fsp3) is 0.400. The van der Waals surface area contributed by atoms with Gasteiger partial charge in [0.15, 0.2) is 0 Å². The van der Waals surface area contributed by atoms with Gasteiger partial charge in [-0.25, -0.2) is 0 Å². The average molecular weight is 310 g/mol. The summed E-state index contributed by atoms with van der Waals surface area (Å²) in [6.07, 6.45) is 4.64. The van der Waals surface area contributed by atoms with Gasteiger partial charge in [-0.2, -0.15) is 5.10 Å². The van der Waals surface area contributed by atoms with Crippen molar-refractivity contribution in [3.05, 3.63) is 41.2 Å². The van der Waals surface area contributed by atoms with Crippen molar-refractivity contribution < 1.29 is 9.84 Å². The van der Waals surface area contributed by atoms with E-state index in [0.717, 1.165) is 17.7 Å². The van der Waals surface area contributed by atoms with Crippen LogP contribution in [0.4, 0.5) is 5.69 Å². The number of benzene rings is 1. The number of aromatic nitrogens is 2. The van der Waals surface area contributed by atoms with Crippen LogP contribution in [0.15, 0.2) is 30.6 Å². The van der Waals surface area contributed by atoms with Crippen molar-refractivity contribution in [1.82, 2.24) is 9.78 Å². The Morgan fingerprint density at radius 3 is 3.00 bits per heavy atom. The molecule has 0 fully saturated rings. The summed E-state index contributed by atoms with van der Waals surface area (Å²) in [7, 11) is 0.